The number of carbonyl (C=O) groups excluding carboxylic acids is 1. The number of halogens is 1. The van der Waals surface area contributed by atoms with E-state index in [2.05, 4.69) is 26.2 Å². The number of fused-ring (bicyclic) bond motifs is 1. The maximum Gasteiger partial charge on any atom is 0.407 e. The van der Waals surface area contributed by atoms with Gasteiger partial charge in [0.25, 0.3) is 0 Å². The van der Waals surface area contributed by atoms with Gasteiger partial charge in [-0.1, -0.05) is 15.9 Å². The van der Waals surface area contributed by atoms with Crippen LogP contribution < -0.4 is 5.32 Å². The lowest BCUT2D eigenvalue weighted by atomic mass is 10.2. The van der Waals surface area contributed by atoms with Crippen molar-refractivity contribution in [3.05, 3.63) is 28.6 Å². The fourth-order valence-electron chi connectivity index (χ4n) is 1.80. The number of amides is 1. The first-order chi connectivity index (χ1) is 9.83. The number of hydrogen-bond acceptors (Lipinski definition) is 4. The van der Waals surface area contributed by atoms with Gasteiger partial charge in [0.1, 0.15) is 11.1 Å². The van der Waals surface area contributed by atoms with Crippen LogP contribution in [0.5, 0.6) is 0 Å². The predicted octanol–water partition coefficient (Wildman–Crippen LogP) is 4.05. The summed E-state index contributed by atoms with van der Waals surface area (Å²) in [4.78, 5) is 15.9. The van der Waals surface area contributed by atoms with Gasteiger partial charge in [-0.15, -0.1) is 0 Å². The van der Waals surface area contributed by atoms with E-state index in [0.717, 1.165) is 22.0 Å². The highest BCUT2D eigenvalue weighted by Crippen LogP contribution is 2.20. The van der Waals surface area contributed by atoms with Crippen LogP contribution in [0, 0.1) is 0 Å². The predicted molar refractivity (Wildman–Crippen MR) is 84.3 cm³/mol. The second-order valence-corrected chi connectivity index (χ2v) is 6.67. The highest BCUT2D eigenvalue weighted by Gasteiger charge is 2.15. The van der Waals surface area contributed by atoms with Gasteiger partial charge >= 0.3 is 6.09 Å². The summed E-state index contributed by atoms with van der Waals surface area (Å²) in [6.07, 6.45) is 1.01. The molecular formula is C15H19BrN2O3. The van der Waals surface area contributed by atoms with Crippen molar-refractivity contribution < 1.29 is 13.9 Å². The maximum absolute atomic E-state index is 11.5. The molecule has 114 valence electrons. The Morgan fingerprint density at radius 1 is 1.43 bits per heavy atom. The number of aromatic nitrogens is 1. The minimum atomic E-state index is -0.474. The number of hydrogen-bond donors (Lipinski definition) is 1. The molecule has 0 aliphatic heterocycles. The molecule has 2 rings (SSSR count). The Labute approximate surface area is 132 Å². The monoisotopic (exact) mass is 354 g/mol. The lowest BCUT2D eigenvalue weighted by molar-refractivity contribution is 0.0527. The average Bonchev–Trinajstić information content (AvgIpc) is 2.74. The van der Waals surface area contributed by atoms with Crippen LogP contribution in [0.4, 0.5) is 4.79 Å². The fraction of sp³-hybridized carbons (Fsp3) is 0.467. The third-order valence-corrected chi connectivity index (χ3v) is 3.12. The average molecular weight is 355 g/mol. The molecule has 2 aromatic rings. The number of benzene rings is 1. The molecule has 6 heteroatoms. The van der Waals surface area contributed by atoms with Crippen LogP contribution in [0.2, 0.25) is 0 Å². The van der Waals surface area contributed by atoms with Crippen molar-refractivity contribution in [2.75, 3.05) is 6.54 Å². The van der Waals surface area contributed by atoms with Gasteiger partial charge in [0.15, 0.2) is 11.5 Å². The number of alkyl carbamates (subject to hydrolysis) is 1. The lowest BCUT2D eigenvalue weighted by Crippen LogP contribution is -2.33. The highest BCUT2D eigenvalue weighted by molar-refractivity contribution is 9.10. The first-order valence-corrected chi connectivity index (χ1v) is 7.64. The van der Waals surface area contributed by atoms with E-state index in [4.69, 9.17) is 9.15 Å². The Balaban J connectivity index is 1.79. The Bertz CT molecular complexity index is 631. The summed E-state index contributed by atoms with van der Waals surface area (Å²) in [6.45, 7) is 6.03. The topological polar surface area (TPSA) is 64.4 Å². The third kappa shape index (κ3) is 5.04. The maximum atomic E-state index is 11.5. The Morgan fingerprint density at radius 3 is 2.90 bits per heavy atom. The summed E-state index contributed by atoms with van der Waals surface area (Å²) >= 11 is 3.40. The lowest BCUT2D eigenvalue weighted by Gasteiger charge is -2.19. The van der Waals surface area contributed by atoms with Crippen molar-refractivity contribution in [1.29, 1.82) is 0 Å². The van der Waals surface area contributed by atoms with Crippen LogP contribution in [0.25, 0.3) is 11.1 Å². The third-order valence-electron chi connectivity index (χ3n) is 2.63. The van der Waals surface area contributed by atoms with Crippen molar-refractivity contribution in [2.24, 2.45) is 0 Å². The van der Waals surface area contributed by atoms with E-state index >= 15 is 0 Å². The number of rotatable bonds is 4. The molecule has 1 aromatic carbocycles. The summed E-state index contributed by atoms with van der Waals surface area (Å²) in [5.41, 5.74) is 1.13. The van der Waals surface area contributed by atoms with Gasteiger partial charge in [0.05, 0.1) is 0 Å². The molecule has 0 atom stereocenters. The van der Waals surface area contributed by atoms with Crippen LogP contribution in [0.3, 0.4) is 0 Å². The molecule has 5 nitrogen and oxygen atoms in total. The summed E-state index contributed by atoms with van der Waals surface area (Å²) < 4.78 is 11.8. The molecule has 1 heterocycles. The smallest absolute Gasteiger partial charge is 0.407 e. The molecular weight excluding hydrogens is 336 g/mol. The van der Waals surface area contributed by atoms with E-state index < -0.39 is 11.7 Å². The first-order valence-electron chi connectivity index (χ1n) is 6.85. The number of carbonyl (C=O) groups is 1. The van der Waals surface area contributed by atoms with E-state index in [1.54, 1.807) is 0 Å². The van der Waals surface area contributed by atoms with Gasteiger partial charge in [-0.3, -0.25) is 0 Å². The zero-order chi connectivity index (χ0) is 15.5. The standard InChI is InChI=1S/C15H19BrN2O3/c1-15(2,3)21-14(19)17-8-4-5-13-18-11-7-6-10(16)9-12(11)20-13/h6-7,9H,4-5,8H2,1-3H3,(H,17,19). The largest absolute Gasteiger partial charge is 0.444 e. The van der Waals surface area contributed by atoms with E-state index in [9.17, 15) is 4.79 Å². The van der Waals surface area contributed by atoms with Gasteiger partial charge in [0.2, 0.25) is 0 Å². The van der Waals surface area contributed by atoms with Gasteiger partial charge < -0.3 is 14.5 Å². The molecule has 1 N–H and O–H groups in total. The molecule has 0 aliphatic rings. The summed E-state index contributed by atoms with van der Waals surface area (Å²) in [5, 5.41) is 2.71. The van der Waals surface area contributed by atoms with Crippen molar-refractivity contribution in [3.8, 4) is 0 Å². The first kappa shape index (κ1) is 15.8. The van der Waals surface area contributed by atoms with E-state index in [1.165, 1.54) is 0 Å². The Hall–Kier alpha value is -1.56. The van der Waals surface area contributed by atoms with Crippen molar-refractivity contribution in [1.82, 2.24) is 10.3 Å². The van der Waals surface area contributed by atoms with Crippen LogP contribution in [-0.4, -0.2) is 23.2 Å². The molecule has 0 saturated carbocycles. The van der Waals surface area contributed by atoms with Crippen LogP contribution in [-0.2, 0) is 11.2 Å². The molecule has 0 saturated heterocycles. The van der Waals surface area contributed by atoms with Crippen LogP contribution >= 0.6 is 15.9 Å². The van der Waals surface area contributed by atoms with Gasteiger partial charge in [-0.05, 0) is 45.4 Å². The number of oxazole rings is 1. The summed E-state index contributed by atoms with van der Waals surface area (Å²) in [7, 11) is 0. The van der Waals surface area contributed by atoms with E-state index in [-0.39, 0.29) is 0 Å². The molecule has 1 amide bonds. The SMILES string of the molecule is CC(C)(C)OC(=O)NCCCc1nc2ccc(Br)cc2o1. The molecule has 0 bridgehead atoms. The van der Waals surface area contributed by atoms with Crippen LogP contribution in [0.15, 0.2) is 27.1 Å². The number of aryl methyl sites for hydroxylation is 1. The second kappa shape index (κ2) is 6.47. The molecule has 0 unspecified atom stereocenters. The molecule has 21 heavy (non-hydrogen) atoms. The van der Waals surface area contributed by atoms with Gasteiger partial charge in [0, 0.05) is 17.4 Å². The molecule has 0 aliphatic carbocycles. The van der Waals surface area contributed by atoms with Crippen molar-refractivity contribution in [3.63, 3.8) is 0 Å². The highest BCUT2D eigenvalue weighted by atomic mass is 79.9. The van der Waals surface area contributed by atoms with Gasteiger partial charge in [-0.25, -0.2) is 9.78 Å². The number of nitrogens with zero attached hydrogens (tertiary/aromatic N) is 1. The van der Waals surface area contributed by atoms with E-state index in [1.807, 2.05) is 39.0 Å². The molecule has 0 radical (unpaired) electrons. The quantitative estimate of drug-likeness (QED) is 0.841. The molecule has 1 aromatic heterocycles. The molecule has 0 fully saturated rings. The normalized spacial score (nSPS) is 11.6. The minimum Gasteiger partial charge on any atom is -0.444 e. The van der Waals surface area contributed by atoms with Crippen molar-refractivity contribution >= 4 is 33.1 Å². The van der Waals surface area contributed by atoms with E-state index in [0.29, 0.717) is 18.9 Å². The molecule has 0 spiro atoms. The minimum absolute atomic E-state index is 0.399. The van der Waals surface area contributed by atoms with Crippen molar-refractivity contribution in [2.45, 2.75) is 39.2 Å². The number of ether oxygens (including phenoxy) is 1. The van der Waals surface area contributed by atoms with Gasteiger partial charge in [-0.2, -0.15) is 0 Å². The van der Waals surface area contributed by atoms with Crippen LogP contribution in [0.1, 0.15) is 33.1 Å². The summed E-state index contributed by atoms with van der Waals surface area (Å²) in [6, 6.07) is 5.73. The second-order valence-electron chi connectivity index (χ2n) is 5.75. The fourth-order valence-corrected chi connectivity index (χ4v) is 2.14. The number of nitrogens with one attached hydrogen (secondary N) is 1. The zero-order valence-corrected chi connectivity index (χ0v) is 14.0. The summed E-state index contributed by atoms with van der Waals surface area (Å²) in [5.74, 6) is 0.675. The Kier molecular flexibility index (Phi) is 4.88. The Morgan fingerprint density at radius 2 is 2.19 bits per heavy atom. The zero-order valence-electron chi connectivity index (χ0n) is 12.4.